The quantitative estimate of drug-likeness (QED) is 0.307. The first kappa shape index (κ1) is 22.3. The zero-order valence-electron chi connectivity index (χ0n) is 16.3. The van der Waals surface area contributed by atoms with E-state index in [4.69, 9.17) is 0 Å². The monoisotopic (exact) mass is 439 g/mol. The summed E-state index contributed by atoms with van der Waals surface area (Å²) in [5, 5.41) is 30.0. The van der Waals surface area contributed by atoms with Crippen molar-refractivity contribution in [3.05, 3.63) is 57.6 Å². The fourth-order valence-corrected chi connectivity index (χ4v) is 3.42. The largest absolute Gasteiger partial charge is 0.504 e. The topological polar surface area (TPSA) is 107 Å². The smallest absolute Gasteiger partial charge is 0.416 e. The first-order valence-electron chi connectivity index (χ1n) is 9.44. The number of piperazine rings is 1. The van der Waals surface area contributed by atoms with Gasteiger partial charge in [0, 0.05) is 56.5 Å². The van der Waals surface area contributed by atoms with Gasteiger partial charge in [-0.05, 0) is 24.3 Å². The third kappa shape index (κ3) is 5.23. The van der Waals surface area contributed by atoms with Crippen molar-refractivity contribution in [1.82, 2.24) is 4.90 Å². The lowest BCUT2D eigenvalue weighted by Crippen LogP contribution is -2.47. The average molecular weight is 439 g/mol. The molecule has 1 aliphatic heterocycles. The normalized spacial score (nSPS) is 15.1. The molecule has 0 amide bonds. The molecular weight excluding hydrogens is 419 g/mol. The summed E-state index contributed by atoms with van der Waals surface area (Å²) in [6.07, 6.45) is -4.37. The first-order chi connectivity index (χ1) is 14.6. The minimum absolute atomic E-state index is 0.0327. The van der Waals surface area contributed by atoms with Crippen LogP contribution in [0.1, 0.15) is 22.3 Å². The summed E-state index contributed by atoms with van der Waals surface area (Å²) >= 11 is 0. The molecule has 2 N–H and O–H groups in total. The maximum atomic E-state index is 12.9. The van der Waals surface area contributed by atoms with Gasteiger partial charge in [0.2, 0.25) is 5.75 Å². The van der Waals surface area contributed by atoms with E-state index in [1.165, 1.54) is 6.07 Å². The van der Waals surface area contributed by atoms with Crippen molar-refractivity contribution in [3.63, 3.8) is 0 Å². The minimum atomic E-state index is -4.41. The molecule has 166 valence electrons. The van der Waals surface area contributed by atoms with E-state index in [0.29, 0.717) is 38.4 Å². The molecule has 0 saturated carbocycles. The lowest BCUT2D eigenvalue weighted by Gasteiger charge is -2.36. The number of carbonyl (C=O) groups excluding carboxylic acids is 1. The highest BCUT2D eigenvalue weighted by Gasteiger charge is 2.31. The number of nitro groups is 1. The van der Waals surface area contributed by atoms with Gasteiger partial charge in [-0.2, -0.15) is 13.2 Å². The molecular formula is C20H20F3N3O5. The Morgan fingerprint density at radius 1 is 1.10 bits per heavy atom. The van der Waals surface area contributed by atoms with Crippen LogP contribution in [0.25, 0.3) is 0 Å². The van der Waals surface area contributed by atoms with E-state index < -0.39 is 39.6 Å². The number of carbonyl (C=O) groups is 1. The third-order valence-electron chi connectivity index (χ3n) is 5.15. The molecule has 3 rings (SSSR count). The molecule has 2 aromatic rings. The number of hydrogen-bond acceptors (Lipinski definition) is 7. The van der Waals surface area contributed by atoms with Crippen LogP contribution in [-0.4, -0.2) is 58.5 Å². The number of phenolic OH excluding ortho intramolecular Hbond substituents is 2. The number of halogens is 3. The molecule has 11 heteroatoms. The van der Waals surface area contributed by atoms with Crippen LogP contribution in [0, 0.1) is 10.1 Å². The molecule has 1 heterocycles. The van der Waals surface area contributed by atoms with E-state index in [1.54, 1.807) is 6.07 Å². The molecule has 0 aliphatic carbocycles. The van der Waals surface area contributed by atoms with Crippen LogP contribution in [-0.2, 0) is 6.18 Å². The molecule has 0 radical (unpaired) electrons. The zero-order chi connectivity index (χ0) is 22.8. The first-order valence-corrected chi connectivity index (χ1v) is 9.44. The Kier molecular flexibility index (Phi) is 6.34. The number of aromatic hydroxyl groups is 2. The number of nitro benzene ring substituents is 1. The highest BCUT2D eigenvalue weighted by molar-refractivity contribution is 5.97. The molecule has 0 atom stereocenters. The maximum Gasteiger partial charge on any atom is 0.416 e. The van der Waals surface area contributed by atoms with E-state index in [-0.39, 0.29) is 12.0 Å². The fourth-order valence-electron chi connectivity index (χ4n) is 3.42. The van der Waals surface area contributed by atoms with E-state index in [1.807, 2.05) is 9.80 Å². The predicted octanol–water partition coefficient (Wildman–Crippen LogP) is 3.42. The van der Waals surface area contributed by atoms with Crippen molar-refractivity contribution in [2.45, 2.75) is 12.6 Å². The lowest BCUT2D eigenvalue weighted by molar-refractivity contribution is -0.386. The van der Waals surface area contributed by atoms with Crippen LogP contribution in [0.15, 0.2) is 36.4 Å². The Labute approximate surface area is 175 Å². The second kappa shape index (κ2) is 8.80. The van der Waals surface area contributed by atoms with Gasteiger partial charge in [0.05, 0.1) is 10.5 Å². The number of hydrogen-bond donors (Lipinski definition) is 2. The summed E-state index contributed by atoms with van der Waals surface area (Å²) in [6, 6.07) is 7.04. The van der Waals surface area contributed by atoms with Crippen LogP contribution in [0.4, 0.5) is 24.5 Å². The van der Waals surface area contributed by atoms with Crippen molar-refractivity contribution in [2.24, 2.45) is 0 Å². The Morgan fingerprint density at radius 2 is 1.77 bits per heavy atom. The van der Waals surface area contributed by atoms with Crippen molar-refractivity contribution >= 4 is 17.2 Å². The Bertz CT molecular complexity index is 989. The second-order valence-corrected chi connectivity index (χ2v) is 7.17. The fraction of sp³-hybridized carbons (Fsp3) is 0.350. The van der Waals surface area contributed by atoms with Crippen LogP contribution >= 0.6 is 0 Å². The van der Waals surface area contributed by atoms with Gasteiger partial charge in [0.25, 0.3) is 0 Å². The van der Waals surface area contributed by atoms with Gasteiger partial charge in [0.1, 0.15) is 0 Å². The van der Waals surface area contributed by atoms with Gasteiger partial charge in [0.15, 0.2) is 11.5 Å². The van der Waals surface area contributed by atoms with Gasteiger partial charge in [-0.25, -0.2) is 0 Å². The number of benzene rings is 2. The molecule has 31 heavy (non-hydrogen) atoms. The van der Waals surface area contributed by atoms with Gasteiger partial charge >= 0.3 is 11.9 Å². The van der Waals surface area contributed by atoms with Crippen LogP contribution in [0.2, 0.25) is 0 Å². The Balaban J connectivity index is 1.56. The van der Waals surface area contributed by atoms with Gasteiger partial charge < -0.3 is 15.1 Å². The number of alkyl halides is 3. The summed E-state index contributed by atoms with van der Waals surface area (Å²) in [6.45, 7) is 2.39. The molecule has 0 unspecified atom stereocenters. The molecule has 0 aromatic heterocycles. The lowest BCUT2D eigenvalue weighted by atomic mass is 10.1. The van der Waals surface area contributed by atoms with Crippen molar-refractivity contribution < 1.29 is 33.1 Å². The summed E-state index contributed by atoms with van der Waals surface area (Å²) in [5.74, 6) is -2.07. The van der Waals surface area contributed by atoms with Gasteiger partial charge in [-0.3, -0.25) is 19.8 Å². The Morgan fingerprint density at radius 3 is 2.39 bits per heavy atom. The van der Waals surface area contributed by atoms with Gasteiger partial charge in [-0.1, -0.05) is 6.07 Å². The molecule has 1 fully saturated rings. The SMILES string of the molecule is O=C(CCN1CCN(c2cccc(C(F)(F)F)c2)CC1)c1cc(O)c(O)c([N+](=O)[O-])c1. The average Bonchev–Trinajstić information content (AvgIpc) is 2.73. The number of nitrogens with zero attached hydrogens (tertiary/aromatic N) is 3. The van der Waals surface area contributed by atoms with Gasteiger partial charge in [-0.15, -0.1) is 0 Å². The maximum absolute atomic E-state index is 12.9. The van der Waals surface area contributed by atoms with Crippen LogP contribution in [0.5, 0.6) is 11.5 Å². The second-order valence-electron chi connectivity index (χ2n) is 7.17. The molecule has 0 spiro atoms. The molecule has 0 bridgehead atoms. The third-order valence-corrected chi connectivity index (χ3v) is 5.15. The minimum Gasteiger partial charge on any atom is -0.504 e. The van der Waals surface area contributed by atoms with Crippen molar-refractivity contribution in [2.75, 3.05) is 37.6 Å². The predicted molar refractivity (Wildman–Crippen MR) is 105 cm³/mol. The number of Topliss-reactive ketones (excluding diaryl/α,β-unsaturated/α-hetero) is 1. The molecule has 1 saturated heterocycles. The summed E-state index contributed by atoms with van der Waals surface area (Å²) < 4.78 is 38.7. The van der Waals surface area contributed by atoms with Crippen LogP contribution < -0.4 is 4.90 Å². The summed E-state index contributed by atoms with van der Waals surface area (Å²) in [7, 11) is 0. The number of anilines is 1. The summed E-state index contributed by atoms with van der Waals surface area (Å²) in [5.41, 5.74) is -1.05. The zero-order valence-corrected chi connectivity index (χ0v) is 16.3. The highest BCUT2D eigenvalue weighted by atomic mass is 19.4. The van der Waals surface area contributed by atoms with E-state index in [0.717, 1.165) is 24.3 Å². The summed E-state index contributed by atoms with van der Waals surface area (Å²) in [4.78, 5) is 26.2. The number of ketones is 1. The van der Waals surface area contributed by atoms with E-state index in [2.05, 4.69) is 0 Å². The molecule has 1 aliphatic rings. The number of rotatable bonds is 6. The highest BCUT2D eigenvalue weighted by Crippen LogP contribution is 2.36. The van der Waals surface area contributed by atoms with Crippen molar-refractivity contribution in [3.8, 4) is 11.5 Å². The van der Waals surface area contributed by atoms with E-state index in [9.17, 15) is 38.3 Å². The van der Waals surface area contributed by atoms with E-state index >= 15 is 0 Å². The molecule has 2 aromatic carbocycles. The molecule has 8 nitrogen and oxygen atoms in total. The number of phenols is 2. The van der Waals surface area contributed by atoms with Crippen molar-refractivity contribution in [1.29, 1.82) is 0 Å². The standard InChI is InChI=1S/C20H20F3N3O5/c21-20(22,23)14-2-1-3-15(12-14)25-8-6-24(7-9-25)5-4-17(27)13-10-16(26(30)31)19(29)18(28)11-13/h1-3,10-12,28-29H,4-9H2. The Hall–Kier alpha value is -3.34. The van der Waals surface area contributed by atoms with Crippen LogP contribution in [0.3, 0.4) is 0 Å².